The van der Waals surface area contributed by atoms with E-state index in [0.29, 0.717) is 10.8 Å². The van der Waals surface area contributed by atoms with Crippen LogP contribution in [0.3, 0.4) is 0 Å². The van der Waals surface area contributed by atoms with Gasteiger partial charge in [0.05, 0.1) is 0 Å². The van der Waals surface area contributed by atoms with E-state index in [2.05, 4.69) is 34.6 Å². The predicted octanol–water partition coefficient (Wildman–Crippen LogP) is 4.64. The fourth-order valence-corrected chi connectivity index (χ4v) is 2.83. The van der Waals surface area contributed by atoms with Gasteiger partial charge in [0.2, 0.25) is 0 Å². The van der Waals surface area contributed by atoms with E-state index in [-0.39, 0.29) is 0 Å². The molecule has 0 saturated heterocycles. The van der Waals surface area contributed by atoms with Crippen molar-refractivity contribution in [1.29, 1.82) is 0 Å². The zero-order chi connectivity index (χ0) is 10.1. The third-order valence-corrected chi connectivity index (χ3v) is 4.67. The molecule has 0 heteroatoms. The van der Waals surface area contributed by atoms with E-state index in [1.807, 2.05) is 0 Å². The highest BCUT2D eigenvalue weighted by Crippen LogP contribution is 2.70. The first kappa shape index (κ1) is 11.1. The Bertz CT molecular complexity index is 151. The second kappa shape index (κ2) is 3.63. The maximum atomic E-state index is 2.43. The molecule has 0 atom stereocenters. The monoisotopic (exact) mass is 182 g/mol. The quantitative estimate of drug-likeness (QED) is 0.543. The zero-order valence-corrected chi connectivity index (χ0v) is 10.1. The van der Waals surface area contributed by atoms with Crippen LogP contribution in [0.5, 0.6) is 0 Å². The normalized spacial score (nSPS) is 24.7. The smallest absolute Gasteiger partial charge is 0.0266 e. The van der Waals surface area contributed by atoms with Gasteiger partial charge in [0.1, 0.15) is 0 Å². The summed E-state index contributed by atoms with van der Waals surface area (Å²) in [6, 6.07) is 0. The highest BCUT2D eigenvalue weighted by Gasteiger charge is 2.63. The van der Waals surface area contributed by atoms with Crippen molar-refractivity contribution < 1.29 is 0 Å². The van der Waals surface area contributed by atoms with Crippen LogP contribution < -0.4 is 0 Å². The fourth-order valence-electron chi connectivity index (χ4n) is 2.83. The van der Waals surface area contributed by atoms with E-state index in [1.165, 1.54) is 32.1 Å². The first-order chi connectivity index (χ1) is 5.94. The van der Waals surface area contributed by atoms with Gasteiger partial charge in [-0.1, -0.05) is 60.3 Å². The summed E-state index contributed by atoms with van der Waals surface area (Å²) in [6.07, 6.45) is 7.13. The summed E-state index contributed by atoms with van der Waals surface area (Å²) >= 11 is 0. The molecular formula is C13H26. The molecule has 0 aromatic rings. The van der Waals surface area contributed by atoms with E-state index in [4.69, 9.17) is 0 Å². The Morgan fingerprint density at radius 2 is 1.38 bits per heavy atom. The van der Waals surface area contributed by atoms with Gasteiger partial charge in [0.15, 0.2) is 0 Å². The molecule has 13 heavy (non-hydrogen) atoms. The van der Waals surface area contributed by atoms with Crippen molar-refractivity contribution in [2.75, 3.05) is 0 Å². The SMILES string of the molecule is CCCCCCC1C(C)(C)C1(C)C. The molecular weight excluding hydrogens is 156 g/mol. The van der Waals surface area contributed by atoms with Crippen LogP contribution in [0.4, 0.5) is 0 Å². The topological polar surface area (TPSA) is 0 Å². The highest BCUT2D eigenvalue weighted by atomic mass is 14.7. The molecule has 1 saturated carbocycles. The van der Waals surface area contributed by atoms with Gasteiger partial charge in [-0.3, -0.25) is 0 Å². The molecule has 0 radical (unpaired) electrons. The minimum Gasteiger partial charge on any atom is -0.0654 e. The Kier molecular flexibility index (Phi) is 3.09. The molecule has 78 valence electrons. The minimum absolute atomic E-state index is 0.610. The van der Waals surface area contributed by atoms with Crippen LogP contribution in [0.25, 0.3) is 0 Å². The Hall–Kier alpha value is 0. The summed E-state index contributed by atoms with van der Waals surface area (Å²) in [5.41, 5.74) is 1.22. The molecule has 0 heterocycles. The Morgan fingerprint density at radius 1 is 0.846 bits per heavy atom. The van der Waals surface area contributed by atoms with Gasteiger partial charge in [-0.25, -0.2) is 0 Å². The lowest BCUT2D eigenvalue weighted by molar-refractivity contribution is 0.457. The van der Waals surface area contributed by atoms with Crippen LogP contribution in [0.2, 0.25) is 0 Å². The van der Waals surface area contributed by atoms with E-state index in [1.54, 1.807) is 0 Å². The third kappa shape index (κ3) is 1.92. The lowest BCUT2D eigenvalue weighted by atomic mass is 10.0. The maximum absolute atomic E-state index is 2.43. The van der Waals surface area contributed by atoms with Crippen molar-refractivity contribution in [3.63, 3.8) is 0 Å². The van der Waals surface area contributed by atoms with E-state index in [0.717, 1.165) is 5.92 Å². The van der Waals surface area contributed by atoms with Gasteiger partial charge in [0, 0.05) is 0 Å². The van der Waals surface area contributed by atoms with Crippen molar-refractivity contribution in [1.82, 2.24) is 0 Å². The number of unbranched alkanes of at least 4 members (excludes halogenated alkanes) is 3. The van der Waals surface area contributed by atoms with Crippen molar-refractivity contribution in [2.45, 2.75) is 66.7 Å². The molecule has 1 rings (SSSR count). The standard InChI is InChI=1S/C13H26/c1-6-7-8-9-10-11-12(2,3)13(11,4)5/h11H,6-10H2,1-5H3. The largest absolute Gasteiger partial charge is 0.0654 e. The van der Waals surface area contributed by atoms with Gasteiger partial charge in [-0.15, -0.1) is 0 Å². The zero-order valence-electron chi connectivity index (χ0n) is 10.1. The van der Waals surface area contributed by atoms with Gasteiger partial charge < -0.3 is 0 Å². The second-order valence-corrected chi connectivity index (χ2v) is 5.85. The van der Waals surface area contributed by atoms with Crippen LogP contribution in [0, 0.1) is 16.7 Å². The van der Waals surface area contributed by atoms with Crippen LogP contribution in [-0.4, -0.2) is 0 Å². The van der Waals surface area contributed by atoms with Crippen molar-refractivity contribution >= 4 is 0 Å². The average molecular weight is 182 g/mol. The van der Waals surface area contributed by atoms with Crippen molar-refractivity contribution in [3.8, 4) is 0 Å². The molecule has 1 aliphatic carbocycles. The van der Waals surface area contributed by atoms with Crippen LogP contribution in [0.15, 0.2) is 0 Å². The fraction of sp³-hybridized carbons (Fsp3) is 1.00. The summed E-state index contributed by atoms with van der Waals surface area (Å²) in [5, 5.41) is 0. The molecule has 0 spiro atoms. The highest BCUT2D eigenvalue weighted by molar-refractivity contribution is 5.11. The second-order valence-electron chi connectivity index (χ2n) is 5.85. The molecule has 0 amide bonds. The Morgan fingerprint density at radius 3 is 1.77 bits per heavy atom. The van der Waals surface area contributed by atoms with E-state index >= 15 is 0 Å². The van der Waals surface area contributed by atoms with Crippen LogP contribution in [-0.2, 0) is 0 Å². The molecule has 1 aliphatic rings. The molecule has 0 aromatic heterocycles. The van der Waals surface area contributed by atoms with Crippen LogP contribution in [0.1, 0.15) is 66.7 Å². The summed E-state index contributed by atoms with van der Waals surface area (Å²) < 4.78 is 0. The van der Waals surface area contributed by atoms with E-state index in [9.17, 15) is 0 Å². The third-order valence-electron chi connectivity index (χ3n) is 4.67. The lowest BCUT2D eigenvalue weighted by Gasteiger charge is -2.04. The van der Waals surface area contributed by atoms with Crippen molar-refractivity contribution in [3.05, 3.63) is 0 Å². The van der Waals surface area contributed by atoms with Gasteiger partial charge >= 0.3 is 0 Å². The van der Waals surface area contributed by atoms with Crippen LogP contribution >= 0.6 is 0 Å². The Balaban J connectivity index is 2.19. The number of rotatable bonds is 5. The summed E-state index contributed by atoms with van der Waals surface area (Å²) in [7, 11) is 0. The molecule has 0 unspecified atom stereocenters. The first-order valence-corrected chi connectivity index (χ1v) is 5.94. The number of hydrogen-bond donors (Lipinski definition) is 0. The van der Waals surface area contributed by atoms with Crippen molar-refractivity contribution in [2.24, 2.45) is 16.7 Å². The molecule has 1 fully saturated rings. The van der Waals surface area contributed by atoms with Gasteiger partial charge in [-0.2, -0.15) is 0 Å². The summed E-state index contributed by atoms with van der Waals surface area (Å²) in [4.78, 5) is 0. The lowest BCUT2D eigenvalue weighted by Crippen LogP contribution is -1.95. The maximum Gasteiger partial charge on any atom is -0.0266 e. The predicted molar refractivity (Wildman–Crippen MR) is 59.8 cm³/mol. The summed E-state index contributed by atoms with van der Waals surface area (Å²) in [6.45, 7) is 12.0. The molecule has 0 aromatic carbocycles. The molecule has 0 bridgehead atoms. The molecule has 0 nitrogen and oxygen atoms in total. The van der Waals surface area contributed by atoms with E-state index < -0.39 is 0 Å². The first-order valence-electron chi connectivity index (χ1n) is 5.94. The molecule has 0 aliphatic heterocycles. The molecule has 0 N–H and O–H groups in total. The Labute approximate surface area is 84.1 Å². The number of hydrogen-bond acceptors (Lipinski definition) is 0. The van der Waals surface area contributed by atoms with Gasteiger partial charge in [0.25, 0.3) is 0 Å². The average Bonchev–Trinajstić information content (AvgIpc) is 2.39. The van der Waals surface area contributed by atoms with Gasteiger partial charge in [-0.05, 0) is 23.2 Å². The minimum atomic E-state index is 0.610. The summed E-state index contributed by atoms with van der Waals surface area (Å²) in [5.74, 6) is 0.983.